The number of pyridine rings is 1. The Labute approximate surface area is 167 Å². The number of benzene rings is 3. The zero-order valence-electron chi connectivity index (χ0n) is 17.0. The number of hydrogen-bond acceptors (Lipinski definition) is 1. The molecule has 0 saturated carbocycles. The van der Waals surface area contributed by atoms with Crippen molar-refractivity contribution in [2.24, 2.45) is 5.41 Å². The summed E-state index contributed by atoms with van der Waals surface area (Å²) < 4.78 is 0. The number of aryl methyl sites for hydroxylation is 1. The molecule has 4 aromatic rings. The molecule has 1 aromatic heterocycles. The van der Waals surface area contributed by atoms with E-state index >= 15 is 0 Å². The van der Waals surface area contributed by atoms with Gasteiger partial charge in [-0.1, -0.05) is 80.9 Å². The second kappa shape index (κ2) is 6.04. The topological polar surface area (TPSA) is 12.9 Å². The third-order valence-electron chi connectivity index (χ3n) is 5.60. The molecule has 28 heavy (non-hydrogen) atoms. The number of nitrogens with zero attached hydrogens (tertiary/aromatic N) is 1. The molecule has 1 heteroatoms. The van der Waals surface area contributed by atoms with E-state index in [2.05, 4.69) is 88.4 Å². The number of hydrogen-bond donors (Lipinski definition) is 0. The number of aromatic nitrogens is 1. The average Bonchev–Trinajstić information content (AvgIpc) is 2.76. The highest BCUT2D eigenvalue weighted by molar-refractivity contribution is 6.12. The van der Waals surface area contributed by atoms with Crippen LogP contribution in [-0.4, -0.2) is 4.98 Å². The van der Waals surface area contributed by atoms with E-state index < -0.39 is 0 Å². The van der Waals surface area contributed by atoms with Gasteiger partial charge in [-0.3, -0.25) is 4.98 Å². The van der Waals surface area contributed by atoms with Gasteiger partial charge in [0.05, 0.1) is 5.69 Å². The summed E-state index contributed by atoms with van der Waals surface area (Å²) in [6, 6.07) is 22.5. The van der Waals surface area contributed by atoms with Crippen molar-refractivity contribution in [2.45, 2.75) is 34.1 Å². The van der Waals surface area contributed by atoms with Crippen molar-refractivity contribution < 1.29 is 0 Å². The van der Waals surface area contributed by atoms with E-state index in [0.29, 0.717) is 0 Å². The fourth-order valence-electron chi connectivity index (χ4n) is 4.55. The van der Waals surface area contributed by atoms with E-state index in [0.717, 1.165) is 12.1 Å². The largest absolute Gasteiger partial charge is 0.256 e. The molecule has 0 spiro atoms. The number of rotatable bonds is 1. The smallest absolute Gasteiger partial charge is 0.0792 e. The molecular weight excluding hydrogens is 338 g/mol. The highest BCUT2D eigenvalue weighted by Gasteiger charge is 2.23. The molecule has 0 N–H and O–H groups in total. The lowest BCUT2D eigenvalue weighted by atomic mass is 9.85. The van der Waals surface area contributed by atoms with Crippen molar-refractivity contribution in [1.29, 1.82) is 0 Å². The van der Waals surface area contributed by atoms with E-state index in [9.17, 15) is 0 Å². The Balaban J connectivity index is 1.93. The lowest BCUT2D eigenvalue weighted by molar-refractivity contribution is 0.411. The Kier molecular flexibility index (Phi) is 3.71. The maximum absolute atomic E-state index is 4.86. The minimum Gasteiger partial charge on any atom is -0.256 e. The van der Waals surface area contributed by atoms with Crippen molar-refractivity contribution in [1.82, 2.24) is 4.98 Å². The summed E-state index contributed by atoms with van der Waals surface area (Å²) in [5, 5.41) is 2.56. The molecule has 1 aliphatic rings. The maximum Gasteiger partial charge on any atom is 0.0792 e. The van der Waals surface area contributed by atoms with Crippen molar-refractivity contribution >= 4 is 10.8 Å². The third-order valence-corrected chi connectivity index (χ3v) is 5.60. The maximum atomic E-state index is 4.86. The van der Waals surface area contributed by atoms with E-state index in [1.165, 1.54) is 49.7 Å². The first-order chi connectivity index (χ1) is 13.4. The van der Waals surface area contributed by atoms with Gasteiger partial charge in [-0.2, -0.15) is 0 Å². The molecule has 0 amide bonds. The van der Waals surface area contributed by atoms with Crippen LogP contribution in [0, 0.1) is 12.3 Å². The minimum atomic E-state index is 0.251. The summed E-state index contributed by atoms with van der Waals surface area (Å²) >= 11 is 0. The van der Waals surface area contributed by atoms with E-state index in [-0.39, 0.29) is 5.41 Å². The second-order valence-corrected chi connectivity index (χ2v) is 9.23. The first-order valence-electron chi connectivity index (χ1n) is 10.0. The molecule has 3 aromatic carbocycles. The van der Waals surface area contributed by atoms with Crippen LogP contribution in [0.1, 0.15) is 31.9 Å². The van der Waals surface area contributed by atoms with Crippen molar-refractivity contribution in [3.05, 3.63) is 78.0 Å². The van der Waals surface area contributed by atoms with Gasteiger partial charge in [0.15, 0.2) is 0 Å². The third kappa shape index (κ3) is 2.74. The number of fused-ring (bicyclic) bond motifs is 5. The van der Waals surface area contributed by atoms with E-state index in [4.69, 9.17) is 4.98 Å². The van der Waals surface area contributed by atoms with Gasteiger partial charge in [0.1, 0.15) is 0 Å². The Morgan fingerprint density at radius 3 is 2.25 bits per heavy atom. The van der Waals surface area contributed by atoms with Crippen LogP contribution >= 0.6 is 0 Å². The van der Waals surface area contributed by atoms with E-state index in [1.807, 2.05) is 6.20 Å². The zero-order chi connectivity index (χ0) is 19.5. The molecule has 0 aliphatic heterocycles. The molecule has 0 fully saturated rings. The van der Waals surface area contributed by atoms with Gasteiger partial charge in [0, 0.05) is 17.1 Å². The van der Waals surface area contributed by atoms with Crippen molar-refractivity contribution in [3.8, 4) is 33.5 Å². The van der Waals surface area contributed by atoms with Gasteiger partial charge in [-0.05, 0) is 58.0 Å². The molecule has 5 rings (SSSR count). The van der Waals surface area contributed by atoms with Crippen LogP contribution in [0.2, 0.25) is 0 Å². The van der Waals surface area contributed by atoms with Gasteiger partial charge in [0.2, 0.25) is 0 Å². The van der Waals surface area contributed by atoms with Crippen LogP contribution in [0.15, 0.2) is 66.9 Å². The van der Waals surface area contributed by atoms with Crippen LogP contribution < -0.4 is 0 Å². The van der Waals surface area contributed by atoms with Crippen LogP contribution in [-0.2, 0) is 6.42 Å². The average molecular weight is 364 g/mol. The lowest BCUT2D eigenvalue weighted by Gasteiger charge is -2.20. The Morgan fingerprint density at radius 1 is 0.750 bits per heavy atom. The Bertz CT molecular complexity index is 1220. The molecule has 0 atom stereocenters. The lowest BCUT2D eigenvalue weighted by Crippen LogP contribution is -2.09. The van der Waals surface area contributed by atoms with Gasteiger partial charge < -0.3 is 0 Å². The SMILES string of the molecule is Cc1ccc2c(c1)-c1ccccc1-c1cc(CC(C)(C)C)cc3ccnc-2c13. The molecule has 1 aliphatic carbocycles. The standard InChI is InChI=1S/C27H25N/c1-17-9-10-22-23(13-17)20-7-5-6-8-21(20)24-15-18(16-27(2,3)4)14-19-11-12-28-26(22)25(19)24/h5-15H,16H2,1-4H3. The highest BCUT2D eigenvalue weighted by atomic mass is 14.7. The zero-order valence-corrected chi connectivity index (χ0v) is 17.0. The first kappa shape index (κ1) is 17.2. The fourth-order valence-corrected chi connectivity index (χ4v) is 4.55. The molecule has 138 valence electrons. The van der Waals surface area contributed by atoms with Gasteiger partial charge in [-0.15, -0.1) is 0 Å². The summed E-state index contributed by atoms with van der Waals surface area (Å²) in [4.78, 5) is 4.86. The van der Waals surface area contributed by atoms with Crippen molar-refractivity contribution in [2.75, 3.05) is 0 Å². The quantitative estimate of drug-likeness (QED) is 0.301. The molecule has 1 heterocycles. The first-order valence-corrected chi connectivity index (χ1v) is 10.0. The van der Waals surface area contributed by atoms with Crippen LogP contribution in [0.4, 0.5) is 0 Å². The molecule has 0 saturated heterocycles. The predicted octanol–water partition coefficient (Wildman–Crippen LogP) is 7.45. The monoisotopic (exact) mass is 363 g/mol. The van der Waals surface area contributed by atoms with Crippen molar-refractivity contribution in [3.63, 3.8) is 0 Å². The summed E-state index contributed by atoms with van der Waals surface area (Å²) in [6.07, 6.45) is 3.02. The molecule has 0 radical (unpaired) electrons. The molecule has 0 bridgehead atoms. The Morgan fingerprint density at radius 2 is 1.50 bits per heavy atom. The molecule has 0 unspecified atom stereocenters. The summed E-state index contributed by atoms with van der Waals surface area (Å²) in [6.45, 7) is 9.08. The van der Waals surface area contributed by atoms with Crippen LogP contribution in [0.5, 0.6) is 0 Å². The van der Waals surface area contributed by atoms with Gasteiger partial charge >= 0.3 is 0 Å². The van der Waals surface area contributed by atoms with Crippen LogP contribution in [0.3, 0.4) is 0 Å². The molecule has 1 nitrogen and oxygen atoms in total. The summed E-state index contributed by atoms with van der Waals surface area (Å²) in [7, 11) is 0. The fraction of sp³-hybridized carbons (Fsp3) is 0.222. The van der Waals surface area contributed by atoms with Crippen LogP contribution in [0.25, 0.3) is 44.3 Å². The Hall–Kier alpha value is -2.93. The highest BCUT2D eigenvalue weighted by Crippen LogP contribution is 2.47. The van der Waals surface area contributed by atoms with E-state index in [1.54, 1.807) is 0 Å². The second-order valence-electron chi connectivity index (χ2n) is 9.23. The van der Waals surface area contributed by atoms with Gasteiger partial charge in [-0.25, -0.2) is 0 Å². The minimum absolute atomic E-state index is 0.251. The summed E-state index contributed by atoms with van der Waals surface area (Å²) in [5.74, 6) is 0. The predicted molar refractivity (Wildman–Crippen MR) is 120 cm³/mol. The normalized spacial score (nSPS) is 12.4. The van der Waals surface area contributed by atoms with Gasteiger partial charge in [0.25, 0.3) is 0 Å². The summed E-state index contributed by atoms with van der Waals surface area (Å²) in [5.41, 5.74) is 10.4. The molecular formula is C27H25N.